The van der Waals surface area contributed by atoms with Gasteiger partial charge in [-0.05, 0) is 37.6 Å². The van der Waals surface area contributed by atoms with E-state index in [1.165, 1.54) is 0 Å². The lowest BCUT2D eigenvalue weighted by molar-refractivity contribution is -0.132. The SMILES string of the molecule is C=C(Cc1nc(-c2ccc(O[C@H](C)CC)cc2)no1)C(=O)O. The van der Waals surface area contributed by atoms with Crippen molar-refractivity contribution in [3.63, 3.8) is 0 Å². The fraction of sp³-hybridized carbons (Fsp3) is 0.312. The highest BCUT2D eigenvalue weighted by Crippen LogP contribution is 2.21. The molecule has 1 heterocycles. The molecule has 1 atom stereocenters. The van der Waals surface area contributed by atoms with Crippen LogP contribution >= 0.6 is 0 Å². The van der Waals surface area contributed by atoms with Gasteiger partial charge in [-0.3, -0.25) is 0 Å². The Labute approximate surface area is 128 Å². The monoisotopic (exact) mass is 302 g/mol. The molecule has 22 heavy (non-hydrogen) atoms. The Morgan fingerprint density at radius 3 is 2.68 bits per heavy atom. The highest BCUT2D eigenvalue weighted by atomic mass is 16.5. The van der Waals surface area contributed by atoms with Crippen LogP contribution < -0.4 is 4.74 Å². The van der Waals surface area contributed by atoms with Crippen molar-refractivity contribution in [2.24, 2.45) is 0 Å². The van der Waals surface area contributed by atoms with Crippen molar-refractivity contribution < 1.29 is 19.2 Å². The van der Waals surface area contributed by atoms with Gasteiger partial charge in [0.15, 0.2) is 0 Å². The molecule has 116 valence electrons. The van der Waals surface area contributed by atoms with Crippen LogP contribution in [0.4, 0.5) is 0 Å². The van der Waals surface area contributed by atoms with Gasteiger partial charge in [0.1, 0.15) is 5.75 Å². The Morgan fingerprint density at radius 2 is 2.09 bits per heavy atom. The van der Waals surface area contributed by atoms with Crippen LogP contribution in [0.3, 0.4) is 0 Å². The predicted molar refractivity (Wildman–Crippen MR) is 80.6 cm³/mol. The summed E-state index contributed by atoms with van der Waals surface area (Å²) in [6.45, 7) is 7.50. The van der Waals surface area contributed by atoms with Crippen LogP contribution in [-0.4, -0.2) is 27.3 Å². The van der Waals surface area contributed by atoms with E-state index in [-0.39, 0.29) is 24.0 Å². The lowest BCUT2D eigenvalue weighted by Gasteiger charge is -2.12. The first-order valence-corrected chi connectivity index (χ1v) is 7.00. The highest BCUT2D eigenvalue weighted by molar-refractivity contribution is 5.86. The second-order valence-corrected chi connectivity index (χ2v) is 4.96. The zero-order chi connectivity index (χ0) is 16.1. The van der Waals surface area contributed by atoms with E-state index in [1.807, 2.05) is 31.2 Å². The maximum atomic E-state index is 10.7. The largest absolute Gasteiger partial charge is 0.491 e. The van der Waals surface area contributed by atoms with Gasteiger partial charge in [0.2, 0.25) is 11.7 Å². The van der Waals surface area contributed by atoms with Gasteiger partial charge in [0, 0.05) is 11.1 Å². The average molecular weight is 302 g/mol. The number of rotatable bonds is 7. The van der Waals surface area contributed by atoms with Gasteiger partial charge in [-0.2, -0.15) is 4.98 Å². The summed E-state index contributed by atoms with van der Waals surface area (Å²) in [6, 6.07) is 7.35. The van der Waals surface area contributed by atoms with Crippen molar-refractivity contribution in [2.45, 2.75) is 32.8 Å². The molecule has 0 saturated heterocycles. The Hall–Kier alpha value is -2.63. The van der Waals surface area contributed by atoms with Gasteiger partial charge < -0.3 is 14.4 Å². The van der Waals surface area contributed by atoms with Crippen LogP contribution in [-0.2, 0) is 11.2 Å². The summed E-state index contributed by atoms with van der Waals surface area (Å²) in [5.41, 5.74) is 0.778. The van der Waals surface area contributed by atoms with E-state index in [2.05, 4.69) is 23.6 Å². The minimum atomic E-state index is -1.08. The Balaban J connectivity index is 2.07. The van der Waals surface area contributed by atoms with Crippen molar-refractivity contribution in [3.05, 3.63) is 42.3 Å². The van der Waals surface area contributed by atoms with Crippen molar-refractivity contribution in [3.8, 4) is 17.1 Å². The van der Waals surface area contributed by atoms with Crippen LogP contribution in [0.2, 0.25) is 0 Å². The Morgan fingerprint density at radius 1 is 1.41 bits per heavy atom. The molecule has 0 aliphatic carbocycles. The number of benzene rings is 1. The molecule has 1 N–H and O–H groups in total. The summed E-state index contributed by atoms with van der Waals surface area (Å²) in [5, 5.41) is 12.6. The summed E-state index contributed by atoms with van der Waals surface area (Å²) in [4.78, 5) is 14.9. The first-order chi connectivity index (χ1) is 10.5. The van der Waals surface area contributed by atoms with Crippen LogP contribution in [0.1, 0.15) is 26.2 Å². The number of ether oxygens (including phenoxy) is 1. The van der Waals surface area contributed by atoms with Crippen molar-refractivity contribution in [1.29, 1.82) is 0 Å². The molecule has 0 aliphatic heterocycles. The van der Waals surface area contributed by atoms with Crippen molar-refractivity contribution >= 4 is 5.97 Å². The molecule has 6 nitrogen and oxygen atoms in total. The predicted octanol–water partition coefficient (Wildman–Crippen LogP) is 3.10. The van der Waals surface area contributed by atoms with Gasteiger partial charge in [0.25, 0.3) is 0 Å². The molecule has 0 unspecified atom stereocenters. The zero-order valence-corrected chi connectivity index (χ0v) is 12.6. The minimum Gasteiger partial charge on any atom is -0.491 e. The molecular formula is C16H18N2O4. The molecule has 1 aromatic carbocycles. The summed E-state index contributed by atoms with van der Waals surface area (Å²) in [6.07, 6.45) is 1.12. The van der Waals surface area contributed by atoms with Crippen molar-refractivity contribution in [2.75, 3.05) is 0 Å². The van der Waals surface area contributed by atoms with E-state index in [0.717, 1.165) is 17.7 Å². The van der Waals surface area contributed by atoms with Gasteiger partial charge >= 0.3 is 5.97 Å². The Bertz CT molecular complexity index is 661. The topological polar surface area (TPSA) is 85.5 Å². The lowest BCUT2D eigenvalue weighted by atomic mass is 10.2. The smallest absolute Gasteiger partial charge is 0.331 e. The Kier molecular flexibility index (Phi) is 4.93. The maximum Gasteiger partial charge on any atom is 0.331 e. The zero-order valence-electron chi connectivity index (χ0n) is 12.6. The molecule has 0 spiro atoms. The number of carbonyl (C=O) groups is 1. The molecule has 0 radical (unpaired) electrons. The quantitative estimate of drug-likeness (QED) is 0.791. The standard InChI is InChI=1S/C16H18N2O4/c1-4-11(3)21-13-7-5-12(6-8-13)15-17-14(22-18-15)9-10(2)16(19)20/h5-8,11H,2,4,9H2,1,3H3,(H,19,20)/t11-/m1/s1. The number of aliphatic carboxylic acids is 1. The molecule has 0 saturated carbocycles. The van der Waals surface area contributed by atoms with E-state index in [0.29, 0.717) is 5.82 Å². The molecule has 2 aromatic rings. The number of carboxylic acid groups (broad SMARTS) is 1. The van der Waals surface area contributed by atoms with Gasteiger partial charge in [-0.15, -0.1) is 0 Å². The third-order valence-electron chi connectivity index (χ3n) is 3.16. The van der Waals surface area contributed by atoms with Crippen LogP contribution in [0.15, 0.2) is 40.9 Å². The first-order valence-electron chi connectivity index (χ1n) is 7.00. The molecule has 0 aliphatic rings. The molecule has 0 bridgehead atoms. The number of carboxylic acids is 1. The highest BCUT2D eigenvalue weighted by Gasteiger charge is 2.13. The van der Waals surface area contributed by atoms with Crippen LogP contribution in [0, 0.1) is 0 Å². The second kappa shape index (κ2) is 6.89. The molecule has 6 heteroatoms. The number of aromatic nitrogens is 2. The van der Waals surface area contributed by atoms with Crippen LogP contribution in [0.5, 0.6) is 5.75 Å². The summed E-state index contributed by atoms with van der Waals surface area (Å²) in [5.74, 6) is 0.331. The maximum absolute atomic E-state index is 10.7. The number of hydrogen-bond acceptors (Lipinski definition) is 5. The first kappa shape index (κ1) is 15.8. The second-order valence-electron chi connectivity index (χ2n) is 4.96. The van der Waals surface area contributed by atoms with E-state index in [9.17, 15) is 4.79 Å². The van der Waals surface area contributed by atoms with E-state index < -0.39 is 5.97 Å². The fourth-order valence-electron chi connectivity index (χ4n) is 1.70. The van der Waals surface area contributed by atoms with Gasteiger partial charge in [-0.1, -0.05) is 18.7 Å². The van der Waals surface area contributed by atoms with Gasteiger partial charge in [0.05, 0.1) is 12.5 Å². The molecular weight excluding hydrogens is 284 g/mol. The average Bonchev–Trinajstić information content (AvgIpc) is 2.96. The normalized spacial score (nSPS) is 11.9. The molecule has 1 aromatic heterocycles. The van der Waals surface area contributed by atoms with Crippen LogP contribution in [0.25, 0.3) is 11.4 Å². The van der Waals surface area contributed by atoms with Crippen molar-refractivity contribution in [1.82, 2.24) is 10.1 Å². The number of nitrogens with zero attached hydrogens (tertiary/aromatic N) is 2. The van der Waals surface area contributed by atoms with E-state index >= 15 is 0 Å². The minimum absolute atomic E-state index is 0.00695. The third-order valence-corrected chi connectivity index (χ3v) is 3.16. The van der Waals surface area contributed by atoms with Gasteiger partial charge in [-0.25, -0.2) is 4.79 Å². The summed E-state index contributed by atoms with van der Waals surface area (Å²) in [7, 11) is 0. The summed E-state index contributed by atoms with van der Waals surface area (Å²) >= 11 is 0. The fourth-order valence-corrected chi connectivity index (χ4v) is 1.70. The number of hydrogen-bond donors (Lipinski definition) is 1. The lowest BCUT2D eigenvalue weighted by Crippen LogP contribution is -2.09. The molecule has 2 rings (SSSR count). The molecule has 0 amide bonds. The third kappa shape index (κ3) is 3.94. The molecule has 0 fully saturated rings. The van der Waals surface area contributed by atoms with E-state index in [4.69, 9.17) is 14.4 Å². The van der Waals surface area contributed by atoms with E-state index in [1.54, 1.807) is 0 Å². The summed E-state index contributed by atoms with van der Waals surface area (Å²) < 4.78 is 10.7.